The van der Waals surface area contributed by atoms with Gasteiger partial charge >= 0.3 is 6.01 Å². The molecule has 1 aliphatic rings. The first-order valence-corrected chi connectivity index (χ1v) is 8.79. The van der Waals surface area contributed by atoms with E-state index in [0.29, 0.717) is 35.3 Å². The molecule has 140 valence electrons. The van der Waals surface area contributed by atoms with Crippen LogP contribution in [0.2, 0.25) is 0 Å². The lowest BCUT2D eigenvalue weighted by atomic mass is 9.90. The first kappa shape index (κ1) is 17.4. The number of pyridine rings is 1. The van der Waals surface area contributed by atoms with Gasteiger partial charge in [-0.05, 0) is 48.9 Å². The third-order valence-electron chi connectivity index (χ3n) is 4.79. The molecule has 1 fully saturated rings. The van der Waals surface area contributed by atoms with E-state index in [-0.39, 0.29) is 5.56 Å². The van der Waals surface area contributed by atoms with Crippen LogP contribution in [0.25, 0.3) is 11.4 Å². The van der Waals surface area contributed by atoms with Crippen molar-refractivity contribution in [3.8, 4) is 11.4 Å². The number of H-pyrrole nitrogens is 1. The highest BCUT2D eigenvalue weighted by molar-refractivity contribution is 5.53. The van der Waals surface area contributed by atoms with Crippen LogP contribution in [-0.4, -0.2) is 28.2 Å². The summed E-state index contributed by atoms with van der Waals surface area (Å²) < 4.78 is 32.0. The number of rotatable bonds is 4. The summed E-state index contributed by atoms with van der Waals surface area (Å²) in [5.41, 5.74) is 1.17. The second-order valence-electron chi connectivity index (χ2n) is 6.75. The number of anilines is 1. The van der Waals surface area contributed by atoms with E-state index in [0.717, 1.165) is 32.0 Å². The minimum atomic E-state index is -0.539. The van der Waals surface area contributed by atoms with E-state index in [4.69, 9.17) is 4.52 Å². The van der Waals surface area contributed by atoms with Gasteiger partial charge in [0.25, 0.3) is 0 Å². The summed E-state index contributed by atoms with van der Waals surface area (Å²) in [5.74, 6) is -0.311. The van der Waals surface area contributed by atoms with Crippen molar-refractivity contribution in [3.05, 3.63) is 64.1 Å². The number of nitrogens with zero attached hydrogens (tertiary/aromatic N) is 3. The summed E-state index contributed by atoms with van der Waals surface area (Å²) in [6, 6.07) is 7.16. The Hall–Kier alpha value is -3.03. The molecule has 8 heteroatoms. The SMILES string of the molecule is O=c1ccc(-c2noc(N3CCC(Cc4cc(F)cc(F)c4)CC3)n2)c[nH]1. The Morgan fingerprint density at radius 1 is 1.15 bits per heavy atom. The van der Waals surface area contributed by atoms with E-state index in [1.807, 2.05) is 4.90 Å². The van der Waals surface area contributed by atoms with Gasteiger partial charge < -0.3 is 14.4 Å². The van der Waals surface area contributed by atoms with Crippen molar-refractivity contribution in [2.24, 2.45) is 5.92 Å². The van der Waals surface area contributed by atoms with Crippen molar-refractivity contribution < 1.29 is 13.3 Å². The van der Waals surface area contributed by atoms with Crippen molar-refractivity contribution in [1.82, 2.24) is 15.1 Å². The molecule has 1 N–H and O–H groups in total. The molecule has 6 nitrogen and oxygen atoms in total. The average Bonchev–Trinajstić information content (AvgIpc) is 3.12. The molecule has 2 aromatic heterocycles. The number of benzene rings is 1. The normalized spacial score (nSPS) is 15.3. The highest BCUT2D eigenvalue weighted by Gasteiger charge is 2.24. The lowest BCUT2D eigenvalue weighted by Crippen LogP contribution is -2.34. The molecule has 1 aromatic carbocycles. The van der Waals surface area contributed by atoms with Crippen LogP contribution in [0, 0.1) is 17.6 Å². The Bertz CT molecular complexity index is 953. The molecule has 0 aliphatic carbocycles. The summed E-state index contributed by atoms with van der Waals surface area (Å²) in [4.78, 5) is 20.1. The maximum Gasteiger partial charge on any atom is 0.324 e. The predicted molar refractivity (Wildman–Crippen MR) is 95.4 cm³/mol. The van der Waals surface area contributed by atoms with Gasteiger partial charge in [-0.2, -0.15) is 4.98 Å². The summed E-state index contributed by atoms with van der Waals surface area (Å²) in [5, 5.41) is 3.96. The van der Waals surface area contributed by atoms with Gasteiger partial charge in [0.2, 0.25) is 11.4 Å². The van der Waals surface area contributed by atoms with Gasteiger partial charge in [0, 0.05) is 37.0 Å². The van der Waals surface area contributed by atoms with Crippen LogP contribution >= 0.6 is 0 Å². The molecule has 0 radical (unpaired) electrons. The molecular weight excluding hydrogens is 354 g/mol. The van der Waals surface area contributed by atoms with Gasteiger partial charge in [-0.3, -0.25) is 4.79 Å². The first-order valence-electron chi connectivity index (χ1n) is 8.79. The number of hydrogen-bond donors (Lipinski definition) is 1. The quantitative estimate of drug-likeness (QED) is 0.761. The summed E-state index contributed by atoms with van der Waals surface area (Å²) >= 11 is 0. The molecule has 3 aromatic rings. The van der Waals surface area contributed by atoms with Crippen LogP contribution in [0.15, 0.2) is 45.8 Å². The van der Waals surface area contributed by atoms with Crippen molar-refractivity contribution in [2.45, 2.75) is 19.3 Å². The van der Waals surface area contributed by atoms with Crippen LogP contribution in [0.1, 0.15) is 18.4 Å². The van der Waals surface area contributed by atoms with Gasteiger partial charge in [-0.25, -0.2) is 8.78 Å². The van der Waals surface area contributed by atoms with E-state index in [1.54, 1.807) is 12.3 Å². The van der Waals surface area contributed by atoms with Crippen LogP contribution in [0.5, 0.6) is 0 Å². The predicted octanol–water partition coefficient (Wildman–Crippen LogP) is 3.16. The molecule has 0 atom stereocenters. The molecule has 0 spiro atoms. The number of halogens is 2. The Balaban J connectivity index is 1.38. The van der Waals surface area contributed by atoms with E-state index < -0.39 is 11.6 Å². The van der Waals surface area contributed by atoms with E-state index >= 15 is 0 Å². The second-order valence-corrected chi connectivity index (χ2v) is 6.75. The van der Waals surface area contributed by atoms with Crippen molar-refractivity contribution in [2.75, 3.05) is 18.0 Å². The number of piperidine rings is 1. The number of aromatic amines is 1. The molecule has 0 amide bonds. The lowest BCUT2D eigenvalue weighted by molar-refractivity contribution is 0.362. The smallest absolute Gasteiger partial charge is 0.324 e. The van der Waals surface area contributed by atoms with Crippen LogP contribution < -0.4 is 10.5 Å². The van der Waals surface area contributed by atoms with Crippen molar-refractivity contribution in [3.63, 3.8) is 0 Å². The minimum absolute atomic E-state index is 0.192. The molecule has 3 heterocycles. The largest absolute Gasteiger partial charge is 0.328 e. The maximum atomic E-state index is 13.3. The second kappa shape index (κ2) is 7.30. The van der Waals surface area contributed by atoms with Crippen LogP contribution in [0.3, 0.4) is 0 Å². The number of nitrogens with one attached hydrogen (secondary N) is 1. The number of aromatic nitrogens is 3. The zero-order chi connectivity index (χ0) is 18.8. The Morgan fingerprint density at radius 2 is 1.89 bits per heavy atom. The fourth-order valence-corrected chi connectivity index (χ4v) is 3.40. The monoisotopic (exact) mass is 372 g/mol. The summed E-state index contributed by atoms with van der Waals surface area (Å²) in [6.45, 7) is 1.46. The van der Waals surface area contributed by atoms with Crippen molar-refractivity contribution in [1.29, 1.82) is 0 Å². The van der Waals surface area contributed by atoms with E-state index in [1.165, 1.54) is 18.2 Å². The first-order chi connectivity index (χ1) is 13.1. The molecule has 0 saturated carbocycles. The molecule has 1 saturated heterocycles. The molecule has 27 heavy (non-hydrogen) atoms. The van der Waals surface area contributed by atoms with Gasteiger partial charge in [-0.15, -0.1) is 0 Å². The van der Waals surface area contributed by atoms with Gasteiger partial charge in [0.1, 0.15) is 11.6 Å². The standard InChI is InChI=1S/C19H18F2N4O2/c20-15-8-13(9-16(21)10-15)7-12-3-5-25(6-4-12)19-23-18(24-27-19)14-1-2-17(26)22-11-14/h1-2,8-12H,3-7H2,(H,22,26). The molecule has 0 bridgehead atoms. The third-order valence-corrected chi connectivity index (χ3v) is 4.79. The zero-order valence-electron chi connectivity index (χ0n) is 14.5. The number of hydrogen-bond acceptors (Lipinski definition) is 5. The molecule has 1 aliphatic heterocycles. The Morgan fingerprint density at radius 3 is 2.56 bits per heavy atom. The Labute approximate surface area is 153 Å². The van der Waals surface area contributed by atoms with Crippen LogP contribution in [0.4, 0.5) is 14.8 Å². The minimum Gasteiger partial charge on any atom is -0.328 e. The van der Waals surface area contributed by atoms with Crippen molar-refractivity contribution >= 4 is 6.01 Å². The third kappa shape index (κ3) is 4.05. The highest BCUT2D eigenvalue weighted by Crippen LogP contribution is 2.26. The molecule has 0 unspecified atom stereocenters. The Kier molecular flexibility index (Phi) is 4.70. The fraction of sp³-hybridized carbons (Fsp3) is 0.316. The zero-order valence-corrected chi connectivity index (χ0v) is 14.5. The maximum absolute atomic E-state index is 13.3. The van der Waals surface area contributed by atoms with Gasteiger partial charge in [0.15, 0.2) is 0 Å². The fourth-order valence-electron chi connectivity index (χ4n) is 3.40. The lowest BCUT2D eigenvalue weighted by Gasteiger charge is -2.30. The van der Waals surface area contributed by atoms with Gasteiger partial charge in [0.05, 0.1) is 0 Å². The molecule has 4 rings (SSSR count). The van der Waals surface area contributed by atoms with Gasteiger partial charge in [-0.1, -0.05) is 5.16 Å². The molecular formula is C19H18F2N4O2. The topological polar surface area (TPSA) is 75.0 Å². The van der Waals surface area contributed by atoms with E-state index in [9.17, 15) is 13.6 Å². The average molecular weight is 372 g/mol. The summed E-state index contributed by atoms with van der Waals surface area (Å²) in [7, 11) is 0. The summed E-state index contributed by atoms with van der Waals surface area (Å²) in [6.07, 6.45) is 3.93. The van der Waals surface area contributed by atoms with E-state index in [2.05, 4.69) is 15.1 Å². The highest BCUT2D eigenvalue weighted by atomic mass is 19.1. The van der Waals surface area contributed by atoms with Crippen LogP contribution in [-0.2, 0) is 6.42 Å².